The van der Waals surface area contributed by atoms with Crippen molar-refractivity contribution in [1.29, 1.82) is 0 Å². The summed E-state index contributed by atoms with van der Waals surface area (Å²) in [7, 11) is 0. The van der Waals surface area contributed by atoms with Crippen LogP contribution in [-0.4, -0.2) is 62.8 Å². The SMILES string of the molecule is CCc1nc(NC(O)C2CCN2C2CCOCC2)nn1-c1ccccc1. The van der Waals surface area contributed by atoms with Gasteiger partial charge in [-0.15, -0.1) is 5.10 Å². The van der Waals surface area contributed by atoms with E-state index in [0.29, 0.717) is 12.0 Å². The fraction of sp³-hybridized carbons (Fsp3) is 0.579. The zero-order valence-electron chi connectivity index (χ0n) is 15.2. The van der Waals surface area contributed by atoms with Crippen LogP contribution in [0.25, 0.3) is 5.69 Å². The fourth-order valence-electron chi connectivity index (χ4n) is 3.88. The molecule has 2 N–H and O–H groups in total. The number of rotatable bonds is 6. The monoisotopic (exact) mass is 357 g/mol. The molecule has 26 heavy (non-hydrogen) atoms. The van der Waals surface area contributed by atoms with Crippen LogP contribution in [0.4, 0.5) is 5.95 Å². The Hall–Kier alpha value is -1.96. The van der Waals surface area contributed by atoms with Gasteiger partial charge in [0, 0.05) is 32.2 Å². The predicted octanol–water partition coefficient (Wildman–Crippen LogP) is 1.81. The van der Waals surface area contributed by atoms with Crippen molar-refractivity contribution in [1.82, 2.24) is 19.7 Å². The molecule has 0 radical (unpaired) electrons. The highest BCUT2D eigenvalue weighted by atomic mass is 16.5. The largest absolute Gasteiger partial charge is 0.381 e. The normalized spacial score (nSPS) is 22.8. The number of benzene rings is 1. The van der Waals surface area contributed by atoms with Crippen molar-refractivity contribution >= 4 is 5.95 Å². The summed E-state index contributed by atoms with van der Waals surface area (Å²) in [6.07, 6.45) is 3.19. The molecule has 2 atom stereocenters. The molecule has 2 saturated heterocycles. The van der Waals surface area contributed by atoms with Gasteiger partial charge >= 0.3 is 0 Å². The molecule has 2 aliphatic rings. The van der Waals surface area contributed by atoms with Crippen LogP contribution >= 0.6 is 0 Å². The molecule has 0 spiro atoms. The van der Waals surface area contributed by atoms with Crippen LogP contribution in [0, 0.1) is 0 Å². The molecule has 3 heterocycles. The summed E-state index contributed by atoms with van der Waals surface area (Å²) in [5, 5.41) is 18.4. The number of hydrogen-bond donors (Lipinski definition) is 2. The van der Waals surface area contributed by atoms with Crippen LogP contribution in [-0.2, 0) is 11.2 Å². The molecule has 4 rings (SSSR count). The van der Waals surface area contributed by atoms with Crippen molar-refractivity contribution in [3.05, 3.63) is 36.2 Å². The first-order chi connectivity index (χ1) is 12.8. The van der Waals surface area contributed by atoms with E-state index in [4.69, 9.17) is 4.74 Å². The first-order valence-electron chi connectivity index (χ1n) is 9.55. The number of aliphatic hydroxyl groups excluding tert-OH is 1. The van der Waals surface area contributed by atoms with Gasteiger partial charge in [0.15, 0.2) is 0 Å². The highest BCUT2D eigenvalue weighted by Crippen LogP contribution is 2.28. The Labute approximate surface area is 154 Å². The van der Waals surface area contributed by atoms with Gasteiger partial charge in [-0.1, -0.05) is 25.1 Å². The quantitative estimate of drug-likeness (QED) is 0.768. The highest BCUT2D eigenvalue weighted by molar-refractivity contribution is 5.35. The molecule has 2 aliphatic heterocycles. The zero-order chi connectivity index (χ0) is 17.9. The minimum Gasteiger partial charge on any atom is -0.381 e. The third-order valence-corrected chi connectivity index (χ3v) is 5.40. The third-order valence-electron chi connectivity index (χ3n) is 5.40. The van der Waals surface area contributed by atoms with E-state index in [0.717, 1.165) is 57.0 Å². The lowest BCUT2D eigenvalue weighted by atomic mass is 9.94. The Bertz CT molecular complexity index is 714. The molecule has 2 fully saturated rings. The minimum absolute atomic E-state index is 0.117. The molecule has 7 heteroatoms. The van der Waals surface area contributed by atoms with E-state index in [9.17, 15) is 5.11 Å². The summed E-state index contributed by atoms with van der Waals surface area (Å²) in [6, 6.07) is 10.6. The molecule has 0 bridgehead atoms. The molecule has 0 amide bonds. The molecule has 7 nitrogen and oxygen atoms in total. The maximum absolute atomic E-state index is 10.7. The number of nitrogens with zero attached hydrogens (tertiary/aromatic N) is 4. The first-order valence-corrected chi connectivity index (χ1v) is 9.55. The summed E-state index contributed by atoms with van der Waals surface area (Å²) < 4.78 is 7.29. The van der Waals surface area contributed by atoms with E-state index in [1.807, 2.05) is 35.0 Å². The molecule has 0 aliphatic carbocycles. The van der Waals surface area contributed by atoms with E-state index >= 15 is 0 Å². The molecule has 1 aromatic carbocycles. The van der Waals surface area contributed by atoms with Gasteiger partial charge in [-0.05, 0) is 31.4 Å². The lowest BCUT2D eigenvalue weighted by molar-refractivity contribution is -0.0622. The molecular formula is C19H27N5O2. The van der Waals surface area contributed by atoms with Crippen LogP contribution in [0.2, 0.25) is 0 Å². The maximum Gasteiger partial charge on any atom is 0.244 e. The topological polar surface area (TPSA) is 75.4 Å². The van der Waals surface area contributed by atoms with Crippen molar-refractivity contribution in [2.45, 2.75) is 50.9 Å². The van der Waals surface area contributed by atoms with Gasteiger partial charge in [-0.3, -0.25) is 4.90 Å². The Kier molecular flexibility index (Phi) is 5.19. The molecular weight excluding hydrogens is 330 g/mol. The van der Waals surface area contributed by atoms with E-state index in [1.165, 1.54) is 0 Å². The van der Waals surface area contributed by atoms with Gasteiger partial charge in [-0.2, -0.15) is 4.98 Å². The Balaban J connectivity index is 1.44. The molecule has 1 aromatic heterocycles. The standard InChI is InChI=1S/C19H27N5O2/c1-2-17-20-19(22-24(17)15-6-4-3-5-7-15)21-18(25)16-8-11-23(16)14-9-12-26-13-10-14/h3-7,14,16,18,25H,2,8-13H2,1H3,(H,21,22). The van der Waals surface area contributed by atoms with Gasteiger partial charge in [0.1, 0.15) is 12.1 Å². The molecule has 0 saturated carbocycles. The highest BCUT2D eigenvalue weighted by Gasteiger charge is 2.39. The second-order valence-electron chi connectivity index (χ2n) is 6.98. The fourth-order valence-corrected chi connectivity index (χ4v) is 3.88. The van der Waals surface area contributed by atoms with Crippen LogP contribution in [0.1, 0.15) is 32.0 Å². The van der Waals surface area contributed by atoms with Crippen molar-refractivity contribution in [2.75, 3.05) is 25.1 Å². The lowest BCUT2D eigenvalue weighted by Crippen LogP contribution is -2.61. The number of aliphatic hydroxyl groups is 1. The van der Waals surface area contributed by atoms with Crippen molar-refractivity contribution in [3.63, 3.8) is 0 Å². The maximum atomic E-state index is 10.7. The number of hydrogen-bond acceptors (Lipinski definition) is 6. The minimum atomic E-state index is -0.664. The van der Waals surface area contributed by atoms with E-state index in [-0.39, 0.29) is 6.04 Å². The number of ether oxygens (including phenoxy) is 1. The summed E-state index contributed by atoms with van der Waals surface area (Å²) in [5.41, 5.74) is 0.979. The van der Waals surface area contributed by atoms with Crippen LogP contribution in [0.15, 0.2) is 30.3 Å². The van der Waals surface area contributed by atoms with Gasteiger partial charge in [0.2, 0.25) is 5.95 Å². The predicted molar refractivity (Wildman–Crippen MR) is 99.3 cm³/mol. The van der Waals surface area contributed by atoms with Crippen LogP contribution in [0.5, 0.6) is 0 Å². The van der Waals surface area contributed by atoms with E-state index in [1.54, 1.807) is 0 Å². The Morgan fingerprint density at radius 1 is 1.23 bits per heavy atom. The smallest absolute Gasteiger partial charge is 0.244 e. The zero-order valence-corrected chi connectivity index (χ0v) is 15.2. The first kappa shape index (κ1) is 17.5. The van der Waals surface area contributed by atoms with Gasteiger partial charge in [-0.25, -0.2) is 4.68 Å². The summed E-state index contributed by atoms with van der Waals surface area (Å²) in [4.78, 5) is 6.96. The number of aromatic nitrogens is 3. The average molecular weight is 357 g/mol. The van der Waals surface area contributed by atoms with Gasteiger partial charge < -0.3 is 15.2 Å². The molecule has 140 valence electrons. The number of anilines is 1. The molecule has 2 unspecified atom stereocenters. The average Bonchev–Trinajstić information content (AvgIpc) is 3.05. The van der Waals surface area contributed by atoms with Crippen molar-refractivity contribution in [3.8, 4) is 5.69 Å². The third kappa shape index (κ3) is 3.47. The second kappa shape index (κ2) is 7.73. The van der Waals surface area contributed by atoms with E-state index < -0.39 is 6.23 Å². The summed E-state index contributed by atoms with van der Waals surface area (Å²) in [6.45, 7) is 4.74. The Morgan fingerprint density at radius 3 is 2.65 bits per heavy atom. The lowest BCUT2D eigenvalue weighted by Gasteiger charge is -2.49. The summed E-state index contributed by atoms with van der Waals surface area (Å²) in [5.74, 6) is 1.36. The van der Waals surface area contributed by atoms with Crippen LogP contribution < -0.4 is 5.32 Å². The van der Waals surface area contributed by atoms with Gasteiger partial charge in [0.25, 0.3) is 0 Å². The summed E-state index contributed by atoms with van der Waals surface area (Å²) >= 11 is 0. The number of nitrogens with one attached hydrogen (secondary N) is 1. The van der Waals surface area contributed by atoms with Crippen molar-refractivity contribution in [2.24, 2.45) is 0 Å². The van der Waals surface area contributed by atoms with Crippen LogP contribution in [0.3, 0.4) is 0 Å². The number of aryl methyl sites for hydroxylation is 1. The Morgan fingerprint density at radius 2 is 2.00 bits per heavy atom. The number of para-hydroxylation sites is 1. The second-order valence-corrected chi connectivity index (χ2v) is 6.98. The van der Waals surface area contributed by atoms with E-state index in [2.05, 4.69) is 27.2 Å². The van der Waals surface area contributed by atoms with Crippen molar-refractivity contribution < 1.29 is 9.84 Å². The number of likely N-dealkylation sites (tertiary alicyclic amines) is 1. The van der Waals surface area contributed by atoms with Gasteiger partial charge in [0.05, 0.1) is 11.7 Å². The molecule has 2 aromatic rings.